The summed E-state index contributed by atoms with van der Waals surface area (Å²) < 4.78 is 5.26. The number of piperidine rings is 1. The first kappa shape index (κ1) is 19.0. The van der Waals surface area contributed by atoms with Gasteiger partial charge in [0.15, 0.2) is 0 Å². The van der Waals surface area contributed by atoms with Gasteiger partial charge in [-0.2, -0.15) is 0 Å². The van der Waals surface area contributed by atoms with E-state index in [1.807, 2.05) is 65.6 Å². The largest absolute Gasteiger partial charge is 0.467 e. The van der Waals surface area contributed by atoms with Crippen molar-refractivity contribution in [2.75, 3.05) is 13.1 Å². The highest BCUT2D eigenvalue weighted by molar-refractivity contribution is 5.95. The van der Waals surface area contributed by atoms with Crippen LogP contribution in [0.15, 0.2) is 77.4 Å². The fraction of sp³-hybridized carbons (Fsp3) is 0.250. The lowest BCUT2D eigenvalue weighted by atomic mass is 9.89. The third-order valence-electron chi connectivity index (χ3n) is 5.35. The van der Waals surface area contributed by atoms with Gasteiger partial charge in [0, 0.05) is 30.1 Å². The Morgan fingerprint density at radius 3 is 2.62 bits per heavy atom. The molecule has 2 amide bonds. The van der Waals surface area contributed by atoms with Crippen LogP contribution in [0.1, 0.15) is 50.8 Å². The van der Waals surface area contributed by atoms with Crippen LogP contribution in [0.3, 0.4) is 0 Å². The van der Waals surface area contributed by atoms with Crippen molar-refractivity contribution in [3.63, 3.8) is 0 Å². The molecule has 1 aliphatic heterocycles. The smallest absolute Gasteiger partial charge is 0.253 e. The van der Waals surface area contributed by atoms with Gasteiger partial charge in [0.1, 0.15) is 5.76 Å². The van der Waals surface area contributed by atoms with Crippen LogP contribution in [0, 0.1) is 0 Å². The van der Waals surface area contributed by atoms with Gasteiger partial charge >= 0.3 is 0 Å². The molecule has 0 aliphatic carbocycles. The number of carbonyl (C=O) groups excluding carboxylic acids is 2. The summed E-state index contributed by atoms with van der Waals surface area (Å²) in [5, 5.41) is 2.88. The number of hydrogen-bond acceptors (Lipinski definition) is 3. The predicted molar refractivity (Wildman–Crippen MR) is 111 cm³/mol. The lowest BCUT2D eigenvalue weighted by Gasteiger charge is -2.33. The van der Waals surface area contributed by atoms with Gasteiger partial charge in [-0.15, -0.1) is 0 Å². The first-order valence-corrected chi connectivity index (χ1v) is 9.95. The van der Waals surface area contributed by atoms with Crippen molar-refractivity contribution in [2.24, 2.45) is 0 Å². The molecular formula is C24H24N2O3. The SMILES string of the molecule is O=C(NCc1ccco1)c1cccc([C@H]2CCCN(C(=O)c3ccccc3)C2)c1. The van der Waals surface area contributed by atoms with Crippen molar-refractivity contribution in [3.05, 3.63) is 95.4 Å². The molecule has 0 spiro atoms. The van der Waals surface area contributed by atoms with Crippen molar-refractivity contribution in [2.45, 2.75) is 25.3 Å². The number of furan rings is 1. The maximum Gasteiger partial charge on any atom is 0.253 e. The first-order valence-electron chi connectivity index (χ1n) is 9.95. The highest BCUT2D eigenvalue weighted by Gasteiger charge is 2.25. The summed E-state index contributed by atoms with van der Waals surface area (Å²) in [7, 11) is 0. The maximum atomic E-state index is 12.8. The summed E-state index contributed by atoms with van der Waals surface area (Å²) in [5.74, 6) is 0.894. The van der Waals surface area contributed by atoms with E-state index in [1.165, 1.54) is 0 Å². The number of hydrogen-bond donors (Lipinski definition) is 1. The molecule has 1 aliphatic rings. The molecule has 1 aromatic heterocycles. The third kappa shape index (κ3) is 4.57. The standard InChI is InChI=1S/C24H24N2O3/c27-23(25-16-22-12-6-14-29-22)20-10-4-9-19(15-20)21-11-5-13-26(17-21)24(28)18-7-2-1-3-8-18/h1-4,6-10,12,14-15,21H,5,11,13,16-17H2,(H,25,27)/t21-/m0/s1. The number of amides is 2. The number of benzene rings is 2. The molecule has 1 atom stereocenters. The maximum absolute atomic E-state index is 12.8. The van der Waals surface area contributed by atoms with E-state index < -0.39 is 0 Å². The molecule has 0 saturated carbocycles. The minimum Gasteiger partial charge on any atom is -0.467 e. The van der Waals surface area contributed by atoms with Gasteiger partial charge in [0.2, 0.25) is 0 Å². The molecule has 0 unspecified atom stereocenters. The molecule has 0 radical (unpaired) electrons. The van der Waals surface area contributed by atoms with Crippen molar-refractivity contribution in [1.29, 1.82) is 0 Å². The Morgan fingerprint density at radius 1 is 1.00 bits per heavy atom. The zero-order valence-corrected chi connectivity index (χ0v) is 16.2. The monoisotopic (exact) mass is 388 g/mol. The summed E-state index contributed by atoms with van der Waals surface area (Å²) in [6.07, 6.45) is 3.56. The van der Waals surface area contributed by atoms with E-state index in [0.717, 1.165) is 36.3 Å². The second-order valence-corrected chi connectivity index (χ2v) is 7.34. The Morgan fingerprint density at radius 2 is 1.83 bits per heavy atom. The molecule has 3 aromatic rings. The third-order valence-corrected chi connectivity index (χ3v) is 5.35. The van der Waals surface area contributed by atoms with Gasteiger partial charge in [-0.05, 0) is 54.8 Å². The summed E-state index contributed by atoms with van der Waals surface area (Å²) in [6.45, 7) is 1.80. The van der Waals surface area contributed by atoms with Crippen molar-refractivity contribution >= 4 is 11.8 Å². The molecule has 2 aromatic carbocycles. The first-order chi connectivity index (χ1) is 14.2. The quantitative estimate of drug-likeness (QED) is 0.711. The van der Waals surface area contributed by atoms with Gasteiger partial charge in [0.05, 0.1) is 12.8 Å². The van der Waals surface area contributed by atoms with Crippen LogP contribution < -0.4 is 5.32 Å². The van der Waals surface area contributed by atoms with E-state index in [1.54, 1.807) is 12.3 Å². The average molecular weight is 388 g/mol. The molecule has 5 nitrogen and oxygen atoms in total. The molecule has 148 valence electrons. The molecule has 1 saturated heterocycles. The van der Waals surface area contributed by atoms with Gasteiger partial charge < -0.3 is 14.6 Å². The number of carbonyl (C=O) groups is 2. The van der Waals surface area contributed by atoms with Crippen LogP contribution in [0.4, 0.5) is 0 Å². The number of rotatable bonds is 5. The number of likely N-dealkylation sites (tertiary alicyclic amines) is 1. The molecule has 0 bridgehead atoms. The Bertz CT molecular complexity index is 967. The van der Waals surface area contributed by atoms with E-state index in [-0.39, 0.29) is 17.7 Å². The van der Waals surface area contributed by atoms with Gasteiger partial charge in [-0.1, -0.05) is 30.3 Å². The fourth-order valence-corrected chi connectivity index (χ4v) is 3.81. The Kier molecular flexibility index (Phi) is 5.75. The molecule has 1 fully saturated rings. The molecule has 2 heterocycles. The zero-order chi connectivity index (χ0) is 20.1. The van der Waals surface area contributed by atoms with Crippen LogP contribution in [-0.2, 0) is 6.54 Å². The highest BCUT2D eigenvalue weighted by atomic mass is 16.3. The summed E-state index contributed by atoms with van der Waals surface area (Å²) in [6, 6.07) is 20.8. The fourth-order valence-electron chi connectivity index (χ4n) is 3.81. The van der Waals surface area contributed by atoms with E-state index in [4.69, 9.17) is 4.42 Å². The topological polar surface area (TPSA) is 62.6 Å². The second kappa shape index (κ2) is 8.78. The Hall–Kier alpha value is -3.34. The minimum absolute atomic E-state index is 0.0719. The molecule has 4 rings (SSSR count). The van der Waals surface area contributed by atoms with E-state index in [2.05, 4.69) is 5.32 Å². The highest BCUT2D eigenvalue weighted by Crippen LogP contribution is 2.28. The lowest BCUT2D eigenvalue weighted by molar-refractivity contribution is 0.0706. The van der Waals surface area contributed by atoms with Gasteiger partial charge in [-0.3, -0.25) is 9.59 Å². The number of nitrogens with one attached hydrogen (secondary N) is 1. The Balaban J connectivity index is 1.43. The second-order valence-electron chi connectivity index (χ2n) is 7.34. The van der Waals surface area contributed by atoms with E-state index in [9.17, 15) is 9.59 Å². The summed E-state index contributed by atoms with van der Waals surface area (Å²) in [4.78, 5) is 27.2. The normalized spacial score (nSPS) is 16.4. The van der Waals surface area contributed by atoms with Crippen LogP contribution in [0.5, 0.6) is 0 Å². The van der Waals surface area contributed by atoms with Crippen molar-refractivity contribution in [1.82, 2.24) is 10.2 Å². The Labute approximate surface area is 170 Å². The zero-order valence-electron chi connectivity index (χ0n) is 16.2. The predicted octanol–water partition coefficient (Wildman–Crippen LogP) is 4.23. The van der Waals surface area contributed by atoms with Crippen LogP contribution in [0.2, 0.25) is 0 Å². The van der Waals surface area contributed by atoms with Crippen LogP contribution >= 0.6 is 0 Å². The van der Waals surface area contributed by atoms with E-state index in [0.29, 0.717) is 18.7 Å². The van der Waals surface area contributed by atoms with Crippen LogP contribution in [0.25, 0.3) is 0 Å². The lowest BCUT2D eigenvalue weighted by Crippen LogP contribution is -2.39. The molecule has 29 heavy (non-hydrogen) atoms. The van der Waals surface area contributed by atoms with Crippen molar-refractivity contribution < 1.29 is 14.0 Å². The molecule has 1 N–H and O–H groups in total. The van der Waals surface area contributed by atoms with E-state index >= 15 is 0 Å². The molecule has 5 heteroatoms. The van der Waals surface area contributed by atoms with Crippen LogP contribution in [-0.4, -0.2) is 29.8 Å². The minimum atomic E-state index is -0.128. The summed E-state index contributed by atoms with van der Waals surface area (Å²) in [5.41, 5.74) is 2.45. The van der Waals surface area contributed by atoms with Gasteiger partial charge in [0.25, 0.3) is 11.8 Å². The summed E-state index contributed by atoms with van der Waals surface area (Å²) >= 11 is 0. The number of nitrogens with zero attached hydrogens (tertiary/aromatic N) is 1. The van der Waals surface area contributed by atoms with Gasteiger partial charge in [-0.25, -0.2) is 0 Å². The molecular weight excluding hydrogens is 364 g/mol. The van der Waals surface area contributed by atoms with Crippen molar-refractivity contribution in [3.8, 4) is 0 Å². The average Bonchev–Trinajstić information content (AvgIpc) is 3.31.